The summed E-state index contributed by atoms with van der Waals surface area (Å²) < 4.78 is 60.5. The maximum absolute atomic E-state index is 14.9. The average molecular weight is 445 g/mol. The summed E-state index contributed by atoms with van der Waals surface area (Å²) >= 11 is 0. The van der Waals surface area contributed by atoms with Gasteiger partial charge < -0.3 is 15.5 Å². The van der Waals surface area contributed by atoms with Crippen molar-refractivity contribution in [2.24, 2.45) is 0 Å². The molecular weight excluding hydrogens is 432 g/mol. The number of fused-ring (bicyclic) bond motifs is 1. The SMILES string of the molecule is Nc1ncnc2c(C(=O)Nc3c(F)ccc(NS(=O)(=O)c4ccco4)c3F)cccc12. The number of nitrogens with zero attached hydrogens (tertiary/aromatic N) is 2. The predicted octanol–water partition coefficient (Wildman–Crippen LogP) is 3.14. The minimum absolute atomic E-state index is 0.00744. The molecule has 0 fully saturated rings. The highest BCUT2D eigenvalue weighted by Crippen LogP contribution is 2.29. The molecule has 0 atom stereocenters. The first-order valence-corrected chi connectivity index (χ1v) is 10.1. The van der Waals surface area contributed by atoms with E-state index in [9.17, 15) is 22.0 Å². The van der Waals surface area contributed by atoms with Gasteiger partial charge in [-0.05, 0) is 36.4 Å². The molecule has 2 aromatic carbocycles. The van der Waals surface area contributed by atoms with Crippen molar-refractivity contribution in [3.63, 3.8) is 0 Å². The monoisotopic (exact) mass is 445 g/mol. The first-order chi connectivity index (χ1) is 14.8. The van der Waals surface area contributed by atoms with Crippen LogP contribution in [-0.2, 0) is 10.0 Å². The van der Waals surface area contributed by atoms with E-state index in [1.807, 2.05) is 4.72 Å². The lowest BCUT2D eigenvalue weighted by Crippen LogP contribution is -2.18. The molecule has 0 radical (unpaired) electrons. The molecule has 0 aliphatic heterocycles. The Kier molecular flexibility index (Phi) is 4.99. The van der Waals surface area contributed by atoms with Gasteiger partial charge in [0.15, 0.2) is 5.82 Å². The van der Waals surface area contributed by atoms with Crippen LogP contribution >= 0.6 is 0 Å². The number of benzene rings is 2. The lowest BCUT2D eigenvalue weighted by Gasteiger charge is -2.13. The number of nitrogens with two attached hydrogens (primary N) is 1. The molecule has 0 unspecified atom stereocenters. The fourth-order valence-electron chi connectivity index (χ4n) is 2.83. The summed E-state index contributed by atoms with van der Waals surface area (Å²) in [7, 11) is -4.26. The first-order valence-electron chi connectivity index (χ1n) is 8.63. The summed E-state index contributed by atoms with van der Waals surface area (Å²) in [6.45, 7) is 0. The highest BCUT2D eigenvalue weighted by atomic mass is 32.2. The Bertz CT molecular complexity index is 1410. The molecule has 31 heavy (non-hydrogen) atoms. The number of anilines is 3. The molecule has 0 aliphatic rings. The van der Waals surface area contributed by atoms with Crippen LogP contribution in [-0.4, -0.2) is 24.3 Å². The fraction of sp³-hybridized carbons (Fsp3) is 0. The number of carbonyl (C=O) groups is 1. The van der Waals surface area contributed by atoms with Crippen LogP contribution in [0.15, 0.2) is 64.6 Å². The fourth-order valence-corrected chi connectivity index (χ4v) is 3.82. The number of halogens is 2. The zero-order chi connectivity index (χ0) is 22.2. The molecule has 12 heteroatoms. The van der Waals surface area contributed by atoms with Crippen LogP contribution in [0.1, 0.15) is 10.4 Å². The zero-order valence-electron chi connectivity index (χ0n) is 15.5. The lowest BCUT2D eigenvalue weighted by molar-refractivity contribution is 0.102. The molecule has 2 aromatic heterocycles. The van der Waals surface area contributed by atoms with Crippen LogP contribution in [0.2, 0.25) is 0 Å². The van der Waals surface area contributed by atoms with Gasteiger partial charge in [0.05, 0.1) is 23.0 Å². The van der Waals surface area contributed by atoms with Gasteiger partial charge in [-0.1, -0.05) is 6.07 Å². The summed E-state index contributed by atoms with van der Waals surface area (Å²) in [5.41, 5.74) is 4.52. The van der Waals surface area contributed by atoms with E-state index in [1.54, 1.807) is 6.07 Å². The number of sulfonamides is 1. The van der Waals surface area contributed by atoms with Crippen molar-refractivity contribution >= 4 is 44.0 Å². The lowest BCUT2D eigenvalue weighted by atomic mass is 10.1. The summed E-state index contributed by atoms with van der Waals surface area (Å²) in [5.74, 6) is -3.18. The maximum Gasteiger partial charge on any atom is 0.295 e. The van der Waals surface area contributed by atoms with Gasteiger partial charge in [0.1, 0.15) is 23.6 Å². The topological polar surface area (TPSA) is 140 Å². The standard InChI is InChI=1S/C19H13F2N5O4S/c20-12-6-7-13(26-31(28,29)14-5-2-8-30-14)15(21)17(12)25-19(27)11-4-1-3-10-16(11)23-9-24-18(10)22/h1-9,26H,(H,25,27)(H2,22,23,24). The van der Waals surface area contributed by atoms with Gasteiger partial charge in [-0.3, -0.25) is 9.52 Å². The van der Waals surface area contributed by atoms with Crippen molar-refractivity contribution in [2.45, 2.75) is 5.09 Å². The second-order valence-corrected chi connectivity index (χ2v) is 7.85. The molecule has 4 rings (SSSR count). The highest BCUT2D eigenvalue weighted by Gasteiger charge is 2.23. The first kappa shape index (κ1) is 20.2. The van der Waals surface area contributed by atoms with Gasteiger partial charge in [0.25, 0.3) is 15.9 Å². The predicted molar refractivity (Wildman–Crippen MR) is 108 cm³/mol. The second kappa shape index (κ2) is 7.65. The normalized spacial score (nSPS) is 11.4. The molecule has 0 saturated carbocycles. The Morgan fingerprint density at radius 3 is 2.61 bits per heavy atom. The van der Waals surface area contributed by atoms with E-state index in [1.165, 1.54) is 18.2 Å². The van der Waals surface area contributed by atoms with Crippen molar-refractivity contribution < 1.29 is 26.4 Å². The number of furan rings is 1. The van der Waals surface area contributed by atoms with E-state index in [-0.39, 0.29) is 16.9 Å². The van der Waals surface area contributed by atoms with Crippen LogP contribution in [0, 0.1) is 11.6 Å². The van der Waals surface area contributed by atoms with Crippen LogP contribution in [0.3, 0.4) is 0 Å². The third-order valence-electron chi connectivity index (χ3n) is 4.27. The Labute approximate surface area is 174 Å². The number of nitrogen functional groups attached to an aromatic ring is 1. The Morgan fingerprint density at radius 1 is 1.06 bits per heavy atom. The molecule has 2 heterocycles. The second-order valence-electron chi connectivity index (χ2n) is 6.24. The molecule has 4 aromatic rings. The van der Waals surface area contributed by atoms with Gasteiger partial charge in [-0.15, -0.1) is 0 Å². The minimum Gasteiger partial charge on any atom is -0.451 e. The van der Waals surface area contributed by atoms with Crippen molar-refractivity contribution in [1.29, 1.82) is 0 Å². The Balaban J connectivity index is 1.69. The van der Waals surface area contributed by atoms with E-state index in [2.05, 4.69) is 15.3 Å². The maximum atomic E-state index is 14.9. The molecule has 158 valence electrons. The summed E-state index contributed by atoms with van der Waals surface area (Å²) in [6, 6.07) is 8.67. The number of amides is 1. The summed E-state index contributed by atoms with van der Waals surface area (Å²) in [6.07, 6.45) is 2.28. The van der Waals surface area contributed by atoms with E-state index in [0.29, 0.717) is 5.39 Å². The van der Waals surface area contributed by atoms with Gasteiger partial charge in [-0.25, -0.2) is 18.7 Å². The smallest absolute Gasteiger partial charge is 0.295 e. The molecule has 0 spiro atoms. The number of nitrogens with one attached hydrogen (secondary N) is 2. The van der Waals surface area contributed by atoms with Crippen molar-refractivity contribution in [3.05, 3.63) is 72.3 Å². The van der Waals surface area contributed by atoms with Crippen LogP contribution in [0.5, 0.6) is 0 Å². The van der Waals surface area contributed by atoms with E-state index < -0.39 is 44.0 Å². The van der Waals surface area contributed by atoms with Gasteiger partial charge in [0, 0.05) is 5.39 Å². The van der Waals surface area contributed by atoms with Gasteiger partial charge in [-0.2, -0.15) is 8.42 Å². The van der Waals surface area contributed by atoms with Crippen molar-refractivity contribution in [1.82, 2.24) is 9.97 Å². The third-order valence-corrected chi connectivity index (χ3v) is 5.52. The van der Waals surface area contributed by atoms with E-state index in [0.717, 1.165) is 30.8 Å². The molecule has 0 saturated heterocycles. The molecule has 1 amide bonds. The van der Waals surface area contributed by atoms with Crippen molar-refractivity contribution in [3.8, 4) is 0 Å². The molecule has 9 nitrogen and oxygen atoms in total. The number of hydrogen-bond donors (Lipinski definition) is 3. The average Bonchev–Trinajstić information content (AvgIpc) is 3.29. The van der Waals surface area contributed by atoms with Crippen LogP contribution < -0.4 is 15.8 Å². The van der Waals surface area contributed by atoms with Crippen LogP contribution in [0.25, 0.3) is 10.9 Å². The molecular formula is C19H13F2N5O4S. The molecule has 0 aliphatic carbocycles. The molecule has 4 N–H and O–H groups in total. The summed E-state index contributed by atoms with van der Waals surface area (Å²) in [4.78, 5) is 20.6. The Hall–Kier alpha value is -4.06. The van der Waals surface area contributed by atoms with Crippen molar-refractivity contribution in [2.75, 3.05) is 15.8 Å². The number of hydrogen-bond acceptors (Lipinski definition) is 7. The number of carbonyl (C=O) groups excluding carboxylic acids is 1. The third kappa shape index (κ3) is 3.75. The quantitative estimate of drug-likeness (QED) is 0.429. The largest absolute Gasteiger partial charge is 0.451 e. The zero-order valence-corrected chi connectivity index (χ0v) is 16.3. The Morgan fingerprint density at radius 2 is 1.87 bits per heavy atom. The number of rotatable bonds is 5. The van der Waals surface area contributed by atoms with Gasteiger partial charge >= 0.3 is 0 Å². The van der Waals surface area contributed by atoms with Gasteiger partial charge in [0.2, 0.25) is 5.09 Å². The molecule has 0 bridgehead atoms. The number of aromatic nitrogens is 2. The highest BCUT2D eigenvalue weighted by molar-refractivity contribution is 7.92. The van der Waals surface area contributed by atoms with E-state index in [4.69, 9.17) is 10.2 Å². The van der Waals surface area contributed by atoms with Crippen LogP contribution in [0.4, 0.5) is 26.0 Å². The van der Waals surface area contributed by atoms with E-state index >= 15 is 0 Å². The summed E-state index contributed by atoms with van der Waals surface area (Å²) in [5, 5.41) is 2.04. The number of para-hydroxylation sites is 1. The minimum atomic E-state index is -4.26.